The van der Waals surface area contributed by atoms with Gasteiger partial charge in [0.05, 0.1) is 11.6 Å². The molecule has 1 saturated heterocycles. The summed E-state index contributed by atoms with van der Waals surface area (Å²) in [6.07, 6.45) is 4.58. The van der Waals surface area contributed by atoms with Crippen LogP contribution in [0.5, 0.6) is 5.75 Å². The summed E-state index contributed by atoms with van der Waals surface area (Å²) in [7, 11) is 0. The molecule has 0 saturated carbocycles. The average Bonchev–Trinajstić information content (AvgIpc) is 2.89. The van der Waals surface area contributed by atoms with E-state index in [0.29, 0.717) is 5.02 Å². The SMILES string of the molecule is CC(N)Cc1ccc(OCCCN2CCCC2)c(Cl)c1. The molecule has 0 aromatic heterocycles. The number of rotatable bonds is 7. The minimum Gasteiger partial charge on any atom is -0.492 e. The molecule has 1 aliphatic rings. The Kier molecular flexibility index (Phi) is 6.14. The van der Waals surface area contributed by atoms with E-state index in [-0.39, 0.29) is 6.04 Å². The summed E-state index contributed by atoms with van der Waals surface area (Å²) in [6.45, 7) is 6.33. The fourth-order valence-electron chi connectivity index (χ4n) is 2.64. The lowest BCUT2D eigenvalue weighted by Crippen LogP contribution is -2.21. The minimum atomic E-state index is 0.151. The highest BCUT2D eigenvalue weighted by atomic mass is 35.5. The number of ether oxygens (including phenoxy) is 1. The van der Waals surface area contributed by atoms with Crippen molar-refractivity contribution >= 4 is 11.6 Å². The average molecular weight is 297 g/mol. The number of nitrogens with two attached hydrogens (primary N) is 1. The molecule has 2 N–H and O–H groups in total. The maximum absolute atomic E-state index is 6.24. The number of hydrogen-bond acceptors (Lipinski definition) is 3. The second-order valence-corrected chi connectivity index (χ2v) is 6.10. The van der Waals surface area contributed by atoms with Crippen molar-refractivity contribution in [1.29, 1.82) is 0 Å². The zero-order valence-corrected chi connectivity index (χ0v) is 13.0. The molecule has 0 spiro atoms. The van der Waals surface area contributed by atoms with E-state index in [1.165, 1.54) is 25.9 Å². The van der Waals surface area contributed by atoms with Crippen LogP contribution in [0.4, 0.5) is 0 Å². The number of nitrogens with zero attached hydrogens (tertiary/aromatic N) is 1. The van der Waals surface area contributed by atoms with Crippen molar-refractivity contribution in [2.45, 2.75) is 38.6 Å². The predicted octanol–water partition coefficient (Wildman–Crippen LogP) is 3.09. The molecular weight excluding hydrogens is 272 g/mol. The monoisotopic (exact) mass is 296 g/mol. The van der Waals surface area contributed by atoms with Crippen LogP contribution < -0.4 is 10.5 Å². The molecular formula is C16H25ClN2O. The van der Waals surface area contributed by atoms with Crippen LogP contribution in [0.15, 0.2) is 18.2 Å². The van der Waals surface area contributed by atoms with Crippen molar-refractivity contribution in [3.05, 3.63) is 28.8 Å². The fourth-order valence-corrected chi connectivity index (χ4v) is 2.89. The van der Waals surface area contributed by atoms with Crippen LogP contribution in [-0.4, -0.2) is 37.2 Å². The molecule has 2 rings (SSSR count). The van der Waals surface area contributed by atoms with Crippen LogP contribution in [0.25, 0.3) is 0 Å². The molecule has 0 aliphatic carbocycles. The second-order valence-electron chi connectivity index (χ2n) is 5.70. The topological polar surface area (TPSA) is 38.5 Å². The summed E-state index contributed by atoms with van der Waals surface area (Å²) >= 11 is 6.24. The molecule has 0 amide bonds. The third kappa shape index (κ3) is 4.97. The summed E-state index contributed by atoms with van der Waals surface area (Å²) in [6, 6.07) is 6.11. The number of likely N-dealkylation sites (tertiary alicyclic amines) is 1. The van der Waals surface area contributed by atoms with Crippen molar-refractivity contribution in [2.24, 2.45) is 5.73 Å². The molecule has 1 heterocycles. The Labute approximate surface area is 127 Å². The number of benzene rings is 1. The highest BCUT2D eigenvalue weighted by Crippen LogP contribution is 2.26. The second kappa shape index (κ2) is 7.87. The molecule has 1 aliphatic heterocycles. The Hall–Kier alpha value is -0.770. The molecule has 20 heavy (non-hydrogen) atoms. The zero-order chi connectivity index (χ0) is 14.4. The van der Waals surface area contributed by atoms with E-state index in [2.05, 4.69) is 4.90 Å². The maximum atomic E-state index is 6.24. The first kappa shape index (κ1) is 15.6. The van der Waals surface area contributed by atoms with Gasteiger partial charge in [-0.05, 0) is 63.4 Å². The summed E-state index contributed by atoms with van der Waals surface area (Å²) in [5.41, 5.74) is 6.95. The molecule has 0 radical (unpaired) electrons. The lowest BCUT2D eigenvalue weighted by Gasteiger charge is -2.15. The van der Waals surface area contributed by atoms with Crippen LogP contribution in [0.3, 0.4) is 0 Å². The largest absolute Gasteiger partial charge is 0.492 e. The van der Waals surface area contributed by atoms with Gasteiger partial charge in [-0.3, -0.25) is 0 Å². The van der Waals surface area contributed by atoms with E-state index in [1.807, 2.05) is 25.1 Å². The number of hydrogen-bond donors (Lipinski definition) is 1. The first-order valence-corrected chi connectivity index (χ1v) is 7.92. The Balaban J connectivity index is 1.74. The van der Waals surface area contributed by atoms with E-state index in [1.54, 1.807) is 0 Å². The van der Waals surface area contributed by atoms with Gasteiger partial charge in [0.25, 0.3) is 0 Å². The summed E-state index contributed by atoms with van der Waals surface area (Å²) < 4.78 is 5.77. The van der Waals surface area contributed by atoms with Crippen molar-refractivity contribution in [2.75, 3.05) is 26.2 Å². The normalized spacial score (nSPS) is 17.4. The third-order valence-electron chi connectivity index (χ3n) is 3.63. The zero-order valence-electron chi connectivity index (χ0n) is 12.3. The molecule has 1 atom stereocenters. The van der Waals surface area contributed by atoms with Gasteiger partial charge in [0.15, 0.2) is 0 Å². The smallest absolute Gasteiger partial charge is 0.137 e. The number of halogens is 1. The van der Waals surface area contributed by atoms with Gasteiger partial charge in [0.2, 0.25) is 0 Å². The standard InChI is InChI=1S/C16H25ClN2O/c1-13(18)11-14-5-6-16(15(17)12-14)20-10-4-9-19-7-2-3-8-19/h5-6,12-13H,2-4,7-11,18H2,1H3. The molecule has 1 unspecified atom stereocenters. The minimum absolute atomic E-state index is 0.151. The fraction of sp³-hybridized carbons (Fsp3) is 0.625. The lowest BCUT2D eigenvalue weighted by molar-refractivity contribution is 0.263. The van der Waals surface area contributed by atoms with Gasteiger partial charge in [-0.15, -0.1) is 0 Å². The first-order valence-electron chi connectivity index (χ1n) is 7.54. The van der Waals surface area contributed by atoms with Gasteiger partial charge in [0, 0.05) is 12.6 Å². The van der Waals surface area contributed by atoms with Gasteiger partial charge in [0.1, 0.15) is 5.75 Å². The first-order chi connectivity index (χ1) is 9.65. The van der Waals surface area contributed by atoms with E-state index < -0.39 is 0 Å². The van der Waals surface area contributed by atoms with Crippen LogP contribution >= 0.6 is 11.6 Å². The quantitative estimate of drug-likeness (QED) is 0.786. The van der Waals surface area contributed by atoms with Crippen LogP contribution in [-0.2, 0) is 6.42 Å². The lowest BCUT2D eigenvalue weighted by atomic mass is 10.1. The highest BCUT2D eigenvalue weighted by Gasteiger charge is 2.10. The molecule has 1 aromatic rings. The van der Waals surface area contributed by atoms with Crippen molar-refractivity contribution in [3.63, 3.8) is 0 Å². The van der Waals surface area contributed by atoms with Crippen LogP contribution in [0.1, 0.15) is 31.7 Å². The Morgan fingerprint density at radius 3 is 2.75 bits per heavy atom. The predicted molar refractivity (Wildman–Crippen MR) is 84.6 cm³/mol. The Morgan fingerprint density at radius 1 is 1.35 bits per heavy atom. The third-order valence-corrected chi connectivity index (χ3v) is 3.92. The van der Waals surface area contributed by atoms with E-state index in [0.717, 1.165) is 37.3 Å². The molecule has 1 aromatic carbocycles. The van der Waals surface area contributed by atoms with E-state index >= 15 is 0 Å². The summed E-state index contributed by atoms with van der Waals surface area (Å²) in [4.78, 5) is 2.50. The van der Waals surface area contributed by atoms with E-state index in [9.17, 15) is 0 Å². The van der Waals surface area contributed by atoms with Crippen molar-refractivity contribution in [3.8, 4) is 5.75 Å². The molecule has 3 nitrogen and oxygen atoms in total. The molecule has 112 valence electrons. The van der Waals surface area contributed by atoms with Gasteiger partial charge in [-0.25, -0.2) is 0 Å². The van der Waals surface area contributed by atoms with Crippen LogP contribution in [0, 0.1) is 0 Å². The van der Waals surface area contributed by atoms with Gasteiger partial charge in [-0.2, -0.15) is 0 Å². The van der Waals surface area contributed by atoms with E-state index in [4.69, 9.17) is 22.1 Å². The maximum Gasteiger partial charge on any atom is 0.137 e. The van der Waals surface area contributed by atoms with Gasteiger partial charge in [-0.1, -0.05) is 17.7 Å². The van der Waals surface area contributed by atoms with Gasteiger partial charge >= 0.3 is 0 Å². The van der Waals surface area contributed by atoms with Crippen molar-refractivity contribution in [1.82, 2.24) is 4.90 Å². The van der Waals surface area contributed by atoms with Crippen LogP contribution in [0.2, 0.25) is 5.02 Å². The summed E-state index contributed by atoms with van der Waals surface area (Å²) in [5, 5.41) is 0.685. The molecule has 4 heteroatoms. The van der Waals surface area contributed by atoms with Crippen molar-refractivity contribution < 1.29 is 4.74 Å². The molecule has 0 bridgehead atoms. The Bertz CT molecular complexity index is 417. The van der Waals surface area contributed by atoms with Gasteiger partial charge < -0.3 is 15.4 Å². The molecule has 1 fully saturated rings. The Morgan fingerprint density at radius 2 is 2.10 bits per heavy atom. The summed E-state index contributed by atoms with van der Waals surface area (Å²) in [5.74, 6) is 0.779. The highest BCUT2D eigenvalue weighted by molar-refractivity contribution is 6.32.